The zero-order chi connectivity index (χ0) is 15.2. The van der Waals surface area contributed by atoms with Crippen LogP contribution in [0.25, 0.3) is 0 Å². The second kappa shape index (κ2) is 7.79. The monoisotopic (exact) mass is 356 g/mol. The summed E-state index contributed by atoms with van der Waals surface area (Å²) in [6.07, 6.45) is 1.89. The molecule has 0 radical (unpaired) electrons. The van der Waals surface area contributed by atoms with Gasteiger partial charge in [-0.25, -0.2) is 8.42 Å². The van der Waals surface area contributed by atoms with Gasteiger partial charge in [0.25, 0.3) is 0 Å². The maximum Gasteiger partial charge on any atom is 0.185 e. The van der Waals surface area contributed by atoms with E-state index in [1.807, 2.05) is 13.0 Å². The van der Waals surface area contributed by atoms with Crippen molar-refractivity contribution in [3.63, 3.8) is 0 Å². The summed E-state index contributed by atoms with van der Waals surface area (Å²) in [6.45, 7) is 9.75. The maximum absolute atomic E-state index is 12.8. The van der Waals surface area contributed by atoms with Crippen LogP contribution in [0.5, 0.6) is 0 Å². The number of benzene rings is 1. The number of rotatable bonds is 8. The summed E-state index contributed by atoms with van der Waals surface area (Å²) in [6, 6.07) is 8.59. The SMILES string of the molecule is C=C(C)CCC(C(=C)CCBr)S(=O)(=O)c1ccccc1. The second-order valence-electron chi connectivity index (χ2n) is 4.94. The first-order chi connectivity index (χ1) is 9.39. The van der Waals surface area contributed by atoms with Crippen LogP contribution in [0.3, 0.4) is 0 Å². The molecule has 1 aromatic rings. The molecule has 0 N–H and O–H groups in total. The predicted molar refractivity (Wildman–Crippen MR) is 89.0 cm³/mol. The fourth-order valence-corrected chi connectivity index (χ4v) is 4.37. The Hall–Kier alpha value is -0.870. The molecule has 0 saturated carbocycles. The molecule has 20 heavy (non-hydrogen) atoms. The fourth-order valence-electron chi connectivity index (χ4n) is 2.01. The lowest BCUT2D eigenvalue weighted by molar-refractivity contribution is 0.579. The standard InChI is InChI=1S/C16H21BrO2S/c1-13(2)9-10-16(14(3)11-12-17)20(18,19)15-7-5-4-6-8-15/h4-8,16H,1,3,9-12H2,2H3. The molecule has 0 amide bonds. The van der Waals surface area contributed by atoms with Gasteiger partial charge in [-0.15, -0.1) is 6.58 Å². The number of sulfone groups is 1. The highest BCUT2D eigenvalue weighted by Crippen LogP contribution is 2.27. The van der Waals surface area contributed by atoms with Crippen LogP contribution in [0.2, 0.25) is 0 Å². The summed E-state index contributed by atoms with van der Waals surface area (Å²) >= 11 is 3.35. The lowest BCUT2D eigenvalue weighted by Gasteiger charge is -2.20. The Labute approximate surface area is 130 Å². The molecular weight excluding hydrogens is 336 g/mol. The Kier molecular flexibility index (Phi) is 6.69. The molecule has 0 bridgehead atoms. The van der Waals surface area contributed by atoms with Gasteiger partial charge in [-0.1, -0.05) is 51.9 Å². The lowest BCUT2D eigenvalue weighted by Crippen LogP contribution is -2.24. The lowest BCUT2D eigenvalue weighted by atomic mass is 10.1. The summed E-state index contributed by atoms with van der Waals surface area (Å²) in [5, 5.41) is 0.179. The minimum Gasteiger partial charge on any atom is -0.223 e. The largest absolute Gasteiger partial charge is 0.223 e. The molecule has 2 nitrogen and oxygen atoms in total. The third-order valence-corrected chi connectivity index (χ3v) is 5.79. The molecule has 1 aromatic carbocycles. The van der Waals surface area contributed by atoms with Crippen molar-refractivity contribution in [3.8, 4) is 0 Å². The van der Waals surface area contributed by atoms with Gasteiger partial charge in [-0.3, -0.25) is 0 Å². The highest BCUT2D eigenvalue weighted by molar-refractivity contribution is 9.09. The van der Waals surface area contributed by atoms with Gasteiger partial charge in [0.2, 0.25) is 0 Å². The second-order valence-corrected chi connectivity index (χ2v) is 7.86. The van der Waals surface area contributed by atoms with E-state index in [9.17, 15) is 8.42 Å². The number of halogens is 1. The van der Waals surface area contributed by atoms with Crippen LogP contribution in [0.4, 0.5) is 0 Å². The first-order valence-electron chi connectivity index (χ1n) is 6.56. The van der Waals surface area contributed by atoms with E-state index in [1.165, 1.54) is 0 Å². The van der Waals surface area contributed by atoms with Crippen LogP contribution in [0, 0.1) is 0 Å². The molecule has 0 heterocycles. The molecule has 1 rings (SSSR count). The summed E-state index contributed by atoms with van der Waals surface area (Å²) in [4.78, 5) is 0.363. The van der Waals surface area contributed by atoms with Gasteiger partial charge in [0.15, 0.2) is 9.84 Å². The first-order valence-corrected chi connectivity index (χ1v) is 9.23. The van der Waals surface area contributed by atoms with Crippen LogP contribution in [-0.2, 0) is 9.84 Å². The number of hydrogen-bond donors (Lipinski definition) is 0. The molecule has 1 atom stereocenters. The Balaban J connectivity index is 3.08. The minimum absolute atomic E-state index is 0.363. The first kappa shape index (κ1) is 17.2. The predicted octanol–water partition coefficient (Wildman–Crippen LogP) is 4.53. The molecule has 0 fully saturated rings. The van der Waals surface area contributed by atoms with Crippen molar-refractivity contribution in [1.82, 2.24) is 0 Å². The summed E-state index contributed by atoms with van der Waals surface area (Å²) in [5.41, 5.74) is 1.75. The van der Waals surface area contributed by atoms with Gasteiger partial charge in [0.05, 0.1) is 10.1 Å². The Morgan fingerprint density at radius 3 is 2.30 bits per heavy atom. The molecule has 0 aromatic heterocycles. The van der Waals surface area contributed by atoms with E-state index in [0.29, 0.717) is 24.2 Å². The Bertz CT molecular complexity index is 561. The third-order valence-electron chi connectivity index (χ3n) is 3.15. The average Bonchev–Trinajstić information content (AvgIpc) is 2.39. The van der Waals surface area contributed by atoms with Gasteiger partial charge in [-0.2, -0.15) is 0 Å². The van der Waals surface area contributed by atoms with E-state index in [4.69, 9.17) is 0 Å². The minimum atomic E-state index is -3.38. The molecule has 4 heteroatoms. The molecule has 0 saturated heterocycles. The highest BCUT2D eigenvalue weighted by Gasteiger charge is 2.29. The highest BCUT2D eigenvalue weighted by atomic mass is 79.9. The summed E-state index contributed by atoms with van der Waals surface area (Å²) < 4.78 is 25.5. The van der Waals surface area contributed by atoms with Crippen molar-refractivity contribution >= 4 is 25.8 Å². The Morgan fingerprint density at radius 2 is 1.80 bits per heavy atom. The fraction of sp³-hybridized carbons (Fsp3) is 0.375. The summed E-state index contributed by atoms with van der Waals surface area (Å²) in [5.74, 6) is 0. The van der Waals surface area contributed by atoms with E-state index < -0.39 is 15.1 Å². The van der Waals surface area contributed by atoms with Crippen LogP contribution < -0.4 is 0 Å². The third kappa shape index (κ3) is 4.60. The number of allylic oxidation sites excluding steroid dienone is 1. The molecular formula is C16H21BrO2S. The number of alkyl halides is 1. The van der Waals surface area contributed by atoms with E-state index in [1.54, 1.807) is 24.3 Å². The molecule has 110 valence electrons. The van der Waals surface area contributed by atoms with Gasteiger partial charge in [0, 0.05) is 5.33 Å². The van der Waals surface area contributed by atoms with Crippen molar-refractivity contribution in [2.45, 2.75) is 36.3 Å². The maximum atomic E-state index is 12.8. The average molecular weight is 357 g/mol. The van der Waals surface area contributed by atoms with Gasteiger partial charge in [0.1, 0.15) is 0 Å². The van der Waals surface area contributed by atoms with Crippen molar-refractivity contribution < 1.29 is 8.42 Å². The Morgan fingerprint density at radius 1 is 1.20 bits per heavy atom. The van der Waals surface area contributed by atoms with Gasteiger partial charge < -0.3 is 0 Å². The van der Waals surface area contributed by atoms with Crippen molar-refractivity contribution in [2.75, 3.05) is 5.33 Å². The zero-order valence-electron chi connectivity index (χ0n) is 11.8. The zero-order valence-corrected chi connectivity index (χ0v) is 14.2. The van der Waals surface area contributed by atoms with E-state index >= 15 is 0 Å². The molecule has 0 aliphatic rings. The molecule has 0 spiro atoms. The van der Waals surface area contributed by atoms with Crippen LogP contribution in [0.1, 0.15) is 26.2 Å². The molecule has 0 aliphatic carbocycles. The summed E-state index contributed by atoms with van der Waals surface area (Å²) in [7, 11) is -3.38. The molecule has 1 unspecified atom stereocenters. The van der Waals surface area contributed by atoms with Gasteiger partial charge >= 0.3 is 0 Å². The van der Waals surface area contributed by atoms with Crippen molar-refractivity contribution in [1.29, 1.82) is 0 Å². The van der Waals surface area contributed by atoms with E-state index in [2.05, 4.69) is 29.1 Å². The van der Waals surface area contributed by atoms with E-state index in [0.717, 1.165) is 16.5 Å². The van der Waals surface area contributed by atoms with E-state index in [-0.39, 0.29) is 0 Å². The molecule has 0 aliphatic heterocycles. The van der Waals surface area contributed by atoms with Crippen LogP contribution >= 0.6 is 15.9 Å². The topological polar surface area (TPSA) is 34.1 Å². The van der Waals surface area contributed by atoms with Crippen molar-refractivity contribution in [3.05, 3.63) is 54.6 Å². The van der Waals surface area contributed by atoms with Crippen LogP contribution in [-0.4, -0.2) is 19.0 Å². The quantitative estimate of drug-likeness (QED) is 0.506. The van der Waals surface area contributed by atoms with Crippen molar-refractivity contribution in [2.24, 2.45) is 0 Å². The van der Waals surface area contributed by atoms with Gasteiger partial charge in [-0.05, 0) is 38.3 Å². The smallest absolute Gasteiger partial charge is 0.185 e. The number of hydrogen-bond acceptors (Lipinski definition) is 2. The normalized spacial score (nSPS) is 12.9. The van der Waals surface area contributed by atoms with Crippen LogP contribution in [0.15, 0.2) is 59.5 Å².